The fourth-order valence-electron chi connectivity index (χ4n) is 1.73. The maximum Gasteiger partial charge on any atom is 0.205 e. The van der Waals surface area contributed by atoms with E-state index in [1.807, 2.05) is 0 Å². The zero-order chi connectivity index (χ0) is 13.7. The summed E-state index contributed by atoms with van der Waals surface area (Å²) in [6, 6.07) is 8.39. The van der Waals surface area contributed by atoms with Crippen LogP contribution in [0.1, 0.15) is 17.5 Å². The molecule has 0 amide bonds. The van der Waals surface area contributed by atoms with Crippen LogP contribution in [0, 0.1) is 0 Å². The molecule has 0 radical (unpaired) electrons. The van der Waals surface area contributed by atoms with E-state index in [-0.39, 0.29) is 0 Å². The van der Waals surface area contributed by atoms with Crippen LogP contribution in [0.3, 0.4) is 0 Å². The van der Waals surface area contributed by atoms with Crippen molar-refractivity contribution in [1.29, 1.82) is 0 Å². The molecule has 102 valence electrons. The van der Waals surface area contributed by atoms with E-state index in [4.69, 9.17) is 0 Å². The van der Waals surface area contributed by atoms with Crippen LogP contribution >= 0.6 is 27.3 Å². The molecule has 1 heterocycles. The lowest BCUT2D eigenvalue weighted by Gasteiger charge is -2.14. The maximum atomic E-state index is 4.19. The van der Waals surface area contributed by atoms with Crippen LogP contribution < -0.4 is 5.32 Å². The average Bonchev–Trinajstić information content (AvgIpc) is 2.80. The molecule has 0 aliphatic heterocycles. The monoisotopic (exact) mass is 340 g/mol. The zero-order valence-electron chi connectivity index (χ0n) is 11.1. The SMILES string of the molecule is CCNc1nnc(CN(C)Cc2ccc(Br)cc2)s1. The highest BCUT2D eigenvalue weighted by molar-refractivity contribution is 9.10. The highest BCUT2D eigenvalue weighted by Gasteiger charge is 2.07. The number of anilines is 1. The molecule has 0 atom stereocenters. The number of aromatic nitrogens is 2. The molecule has 0 bridgehead atoms. The van der Waals surface area contributed by atoms with Gasteiger partial charge in [0, 0.05) is 17.6 Å². The predicted octanol–water partition coefficient (Wildman–Crippen LogP) is 3.36. The maximum absolute atomic E-state index is 4.19. The second-order valence-electron chi connectivity index (χ2n) is 4.33. The van der Waals surface area contributed by atoms with Gasteiger partial charge in [0.25, 0.3) is 0 Å². The Morgan fingerprint density at radius 1 is 1.21 bits per heavy atom. The smallest absolute Gasteiger partial charge is 0.205 e. The number of hydrogen-bond acceptors (Lipinski definition) is 5. The summed E-state index contributed by atoms with van der Waals surface area (Å²) in [6.07, 6.45) is 0. The summed E-state index contributed by atoms with van der Waals surface area (Å²) >= 11 is 5.06. The molecule has 2 rings (SSSR count). The van der Waals surface area contributed by atoms with Gasteiger partial charge in [-0.05, 0) is 31.7 Å². The van der Waals surface area contributed by atoms with E-state index in [2.05, 4.69) is 74.6 Å². The van der Waals surface area contributed by atoms with E-state index in [1.54, 1.807) is 11.3 Å². The second kappa shape index (κ2) is 6.98. The molecule has 4 nitrogen and oxygen atoms in total. The fraction of sp³-hybridized carbons (Fsp3) is 0.385. The Morgan fingerprint density at radius 2 is 1.95 bits per heavy atom. The number of nitrogens with one attached hydrogen (secondary N) is 1. The molecule has 1 aromatic heterocycles. The molecule has 0 aliphatic carbocycles. The van der Waals surface area contributed by atoms with E-state index >= 15 is 0 Å². The summed E-state index contributed by atoms with van der Waals surface area (Å²) in [6.45, 7) is 4.66. The highest BCUT2D eigenvalue weighted by atomic mass is 79.9. The van der Waals surface area contributed by atoms with Gasteiger partial charge in [0.15, 0.2) is 0 Å². The molecule has 0 fully saturated rings. The van der Waals surface area contributed by atoms with Crippen LogP contribution in [-0.4, -0.2) is 28.7 Å². The Labute approximate surface area is 126 Å². The topological polar surface area (TPSA) is 41.1 Å². The van der Waals surface area contributed by atoms with Crippen molar-refractivity contribution in [3.63, 3.8) is 0 Å². The Hall–Kier alpha value is -0.980. The number of benzene rings is 1. The van der Waals surface area contributed by atoms with E-state index in [9.17, 15) is 0 Å². The summed E-state index contributed by atoms with van der Waals surface area (Å²) in [5, 5.41) is 13.4. The highest BCUT2D eigenvalue weighted by Crippen LogP contribution is 2.17. The van der Waals surface area contributed by atoms with Crippen LogP contribution in [0.4, 0.5) is 5.13 Å². The van der Waals surface area contributed by atoms with Gasteiger partial charge in [-0.15, -0.1) is 10.2 Å². The Balaban J connectivity index is 1.89. The Kier molecular flexibility index (Phi) is 5.30. The lowest BCUT2D eigenvalue weighted by Crippen LogP contribution is -2.17. The number of hydrogen-bond donors (Lipinski definition) is 1. The van der Waals surface area contributed by atoms with Crippen molar-refractivity contribution in [3.05, 3.63) is 39.3 Å². The standard InChI is InChI=1S/C13H17BrN4S/c1-3-15-13-17-16-12(19-13)9-18(2)8-10-4-6-11(14)7-5-10/h4-7H,3,8-9H2,1-2H3,(H,15,17). The summed E-state index contributed by atoms with van der Waals surface area (Å²) in [7, 11) is 2.09. The molecule has 6 heteroatoms. The van der Waals surface area contributed by atoms with Crippen molar-refractivity contribution in [2.75, 3.05) is 18.9 Å². The van der Waals surface area contributed by atoms with Crippen LogP contribution in [0.15, 0.2) is 28.7 Å². The lowest BCUT2D eigenvalue weighted by molar-refractivity contribution is 0.317. The minimum Gasteiger partial charge on any atom is -0.360 e. The van der Waals surface area contributed by atoms with Gasteiger partial charge < -0.3 is 5.32 Å². The summed E-state index contributed by atoms with van der Waals surface area (Å²) in [5.41, 5.74) is 1.29. The zero-order valence-corrected chi connectivity index (χ0v) is 13.5. The first kappa shape index (κ1) is 14.4. The van der Waals surface area contributed by atoms with Gasteiger partial charge in [-0.25, -0.2) is 0 Å². The minimum atomic E-state index is 0.819. The van der Waals surface area contributed by atoms with E-state index in [0.717, 1.165) is 34.2 Å². The number of halogens is 1. The molecular formula is C13H17BrN4S. The third-order valence-corrected chi connectivity index (χ3v) is 3.96. The quantitative estimate of drug-likeness (QED) is 0.875. The molecule has 0 saturated carbocycles. The Bertz CT molecular complexity index is 512. The van der Waals surface area contributed by atoms with Gasteiger partial charge in [-0.2, -0.15) is 0 Å². The van der Waals surface area contributed by atoms with Crippen molar-refractivity contribution in [1.82, 2.24) is 15.1 Å². The summed E-state index contributed by atoms with van der Waals surface area (Å²) in [4.78, 5) is 2.24. The first-order valence-electron chi connectivity index (χ1n) is 6.16. The third kappa shape index (κ3) is 4.56. The lowest BCUT2D eigenvalue weighted by atomic mass is 10.2. The van der Waals surface area contributed by atoms with Gasteiger partial charge in [-0.3, -0.25) is 4.90 Å². The predicted molar refractivity (Wildman–Crippen MR) is 83.4 cm³/mol. The molecule has 1 N–H and O–H groups in total. The van der Waals surface area contributed by atoms with Crippen molar-refractivity contribution >= 4 is 32.4 Å². The average molecular weight is 341 g/mol. The van der Waals surface area contributed by atoms with Gasteiger partial charge in [-0.1, -0.05) is 39.4 Å². The van der Waals surface area contributed by atoms with Crippen molar-refractivity contribution < 1.29 is 0 Å². The van der Waals surface area contributed by atoms with Crippen molar-refractivity contribution in [2.45, 2.75) is 20.0 Å². The summed E-state index contributed by atoms with van der Waals surface area (Å²) < 4.78 is 1.11. The first-order valence-corrected chi connectivity index (χ1v) is 7.77. The second-order valence-corrected chi connectivity index (χ2v) is 6.31. The van der Waals surface area contributed by atoms with Crippen molar-refractivity contribution in [2.24, 2.45) is 0 Å². The molecule has 0 unspecified atom stereocenters. The fourth-order valence-corrected chi connectivity index (χ4v) is 2.88. The van der Waals surface area contributed by atoms with Gasteiger partial charge in [0.05, 0.1) is 6.54 Å². The van der Waals surface area contributed by atoms with E-state index in [0.29, 0.717) is 0 Å². The Morgan fingerprint density at radius 3 is 2.63 bits per heavy atom. The molecule has 19 heavy (non-hydrogen) atoms. The van der Waals surface area contributed by atoms with E-state index in [1.165, 1.54) is 5.56 Å². The van der Waals surface area contributed by atoms with Crippen LogP contribution in [0.2, 0.25) is 0 Å². The van der Waals surface area contributed by atoms with Crippen LogP contribution in [-0.2, 0) is 13.1 Å². The van der Waals surface area contributed by atoms with Crippen LogP contribution in [0.5, 0.6) is 0 Å². The first-order chi connectivity index (χ1) is 9.17. The molecule has 0 spiro atoms. The largest absolute Gasteiger partial charge is 0.360 e. The van der Waals surface area contributed by atoms with Gasteiger partial charge in [0.2, 0.25) is 5.13 Å². The number of rotatable bonds is 6. The van der Waals surface area contributed by atoms with Crippen molar-refractivity contribution in [3.8, 4) is 0 Å². The summed E-state index contributed by atoms with van der Waals surface area (Å²) in [5.74, 6) is 0. The number of nitrogens with zero attached hydrogens (tertiary/aromatic N) is 3. The molecule has 2 aromatic rings. The molecular weight excluding hydrogens is 324 g/mol. The van der Waals surface area contributed by atoms with Gasteiger partial charge in [0.1, 0.15) is 5.01 Å². The minimum absolute atomic E-state index is 0.819. The molecule has 1 aromatic carbocycles. The molecule has 0 aliphatic rings. The molecule has 0 saturated heterocycles. The normalized spacial score (nSPS) is 10.9. The van der Waals surface area contributed by atoms with E-state index < -0.39 is 0 Å². The van der Waals surface area contributed by atoms with Gasteiger partial charge >= 0.3 is 0 Å². The van der Waals surface area contributed by atoms with Crippen LogP contribution in [0.25, 0.3) is 0 Å². The third-order valence-electron chi connectivity index (χ3n) is 2.57.